The number of carbonyl (C=O) groups is 1. The fraction of sp³-hybridized carbons (Fsp3) is 0.542. The van der Waals surface area contributed by atoms with Crippen LogP contribution in [0.25, 0.3) is 11.4 Å². The quantitative estimate of drug-likeness (QED) is 0.827. The predicted octanol–water partition coefficient (Wildman–Crippen LogP) is 3.00. The number of benzene rings is 1. The summed E-state index contributed by atoms with van der Waals surface area (Å²) in [4.78, 5) is 24.9. The van der Waals surface area contributed by atoms with Gasteiger partial charge in [0.2, 0.25) is 5.91 Å². The van der Waals surface area contributed by atoms with Gasteiger partial charge < -0.3 is 15.0 Å². The van der Waals surface area contributed by atoms with Crippen LogP contribution in [-0.2, 0) is 22.4 Å². The minimum absolute atomic E-state index is 0.0920. The molecule has 1 aromatic carbocycles. The Labute approximate surface area is 178 Å². The van der Waals surface area contributed by atoms with Gasteiger partial charge in [0, 0.05) is 47.8 Å². The summed E-state index contributed by atoms with van der Waals surface area (Å²) >= 11 is 0. The maximum absolute atomic E-state index is 12.7. The molecule has 0 spiro atoms. The molecule has 30 heavy (non-hydrogen) atoms. The van der Waals surface area contributed by atoms with Crippen molar-refractivity contribution in [2.75, 3.05) is 37.7 Å². The zero-order valence-electron chi connectivity index (χ0n) is 17.7. The second-order valence-electron chi connectivity index (χ2n) is 9.30. The van der Waals surface area contributed by atoms with Crippen LogP contribution in [0.1, 0.15) is 37.4 Å². The highest BCUT2D eigenvalue weighted by molar-refractivity contribution is 5.79. The molecule has 2 fully saturated rings. The molecule has 0 radical (unpaired) electrons. The van der Waals surface area contributed by atoms with Crippen LogP contribution < -0.4 is 10.2 Å². The van der Waals surface area contributed by atoms with E-state index in [0.29, 0.717) is 6.54 Å². The lowest BCUT2D eigenvalue weighted by Gasteiger charge is -2.39. The van der Waals surface area contributed by atoms with Crippen molar-refractivity contribution in [1.29, 1.82) is 0 Å². The number of nitrogens with zero attached hydrogens (tertiary/aromatic N) is 3. The molecule has 0 saturated carbocycles. The number of hydrogen-bond donors (Lipinski definition) is 1. The number of anilines is 1. The second-order valence-corrected chi connectivity index (χ2v) is 9.30. The fourth-order valence-electron chi connectivity index (χ4n) is 4.74. The summed E-state index contributed by atoms with van der Waals surface area (Å²) in [7, 11) is 0. The van der Waals surface area contributed by atoms with E-state index in [4.69, 9.17) is 14.7 Å². The SMILES string of the molecule is CC1(CNC(=O)C2CCN(c3nc(-c4ccccc4)nc4c3CCC4)CC2)COC1. The molecule has 6 nitrogen and oxygen atoms in total. The van der Waals surface area contributed by atoms with Crippen LogP contribution in [0, 0.1) is 11.3 Å². The molecule has 3 aliphatic rings. The molecular weight excluding hydrogens is 376 g/mol. The number of amides is 1. The second kappa shape index (κ2) is 7.99. The summed E-state index contributed by atoms with van der Waals surface area (Å²) < 4.78 is 5.29. The van der Waals surface area contributed by atoms with E-state index in [2.05, 4.69) is 29.3 Å². The van der Waals surface area contributed by atoms with Crippen LogP contribution >= 0.6 is 0 Å². The van der Waals surface area contributed by atoms with Crippen LogP contribution in [0.15, 0.2) is 30.3 Å². The van der Waals surface area contributed by atoms with Crippen molar-refractivity contribution >= 4 is 11.7 Å². The summed E-state index contributed by atoms with van der Waals surface area (Å²) in [5.41, 5.74) is 3.70. The topological polar surface area (TPSA) is 67.4 Å². The Hall–Kier alpha value is -2.47. The molecular formula is C24H30N4O2. The predicted molar refractivity (Wildman–Crippen MR) is 116 cm³/mol. The third kappa shape index (κ3) is 3.81. The van der Waals surface area contributed by atoms with Crippen LogP contribution in [0.4, 0.5) is 5.82 Å². The average Bonchev–Trinajstić information content (AvgIpc) is 3.25. The maximum atomic E-state index is 12.7. The Morgan fingerprint density at radius 3 is 2.63 bits per heavy atom. The average molecular weight is 407 g/mol. The van der Waals surface area contributed by atoms with E-state index in [9.17, 15) is 4.79 Å². The number of rotatable bonds is 5. The van der Waals surface area contributed by atoms with Crippen LogP contribution in [0.3, 0.4) is 0 Å². The first kappa shape index (κ1) is 19.5. The Kier molecular flexibility index (Phi) is 5.19. The van der Waals surface area contributed by atoms with Crippen molar-refractivity contribution in [3.63, 3.8) is 0 Å². The van der Waals surface area contributed by atoms with Gasteiger partial charge in [-0.05, 0) is 32.1 Å². The number of aromatic nitrogens is 2. The maximum Gasteiger partial charge on any atom is 0.223 e. The molecule has 3 heterocycles. The lowest BCUT2D eigenvalue weighted by Crippen LogP contribution is -2.50. The van der Waals surface area contributed by atoms with Gasteiger partial charge in [0.25, 0.3) is 0 Å². The zero-order chi connectivity index (χ0) is 20.6. The number of hydrogen-bond acceptors (Lipinski definition) is 5. The molecule has 1 aliphatic carbocycles. The van der Waals surface area contributed by atoms with Crippen molar-refractivity contribution in [3.05, 3.63) is 41.6 Å². The summed E-state index contributed by atoms with van der Waals surface area (Å²) in [6.45, 7) is 6.11. The molecule has 0 unspecified atom stereocenters. The summed E-state index contributed by atoms with van der Waals surface area (Å²) in [6, 6.07) is 10.2. The van der Waals surface area contributed by atoms with Crippen molar-refractivity contribution in [1.82, 2.24) is 15.3 Å². The number of nitrogens with one attached hydrogen (secondary N) is 1. The van der Waals surface area contributed by atoms with Gasteiger partial charge in [0.15, 0.2) is 5.82 Å². The molecule has 5 rings (SSSR count). The molecule has 1 amide bonds. The van der Waals surface area contributed by atoms with Gasteiger partial charge in [0.05, 0.1) is 13.2 Å². The van der Waals surface area contributed by atoms with Crippen LogP contribution in [0.2, 0.25) is 0 Å². The molecule has 2 aromatic rings. The number of ether oxygens (including phenoxy) is 1. The van der Waals surface area contributed by atoms with Crippen molar-refractivity contribution in [2.24, 2.45) is 11.3 Å². The van der Waals surface area contributed by atoms with Crippen LogP contribution in [0.5, 0.6) is 0 Å². The number of fused-ring (bicyclic) bond motifs is 1. The van der Waals surface area contributed by atoms with E-state index < -0.39 is 0 Å². The molecule has 2 saturated heterocycles. The van der Waals surface area contributed by atoms with Crippen LogP contribution in [-0.4, -0.2) is 48.7 Å². The van der Waals surface area contributed by atoms with Gasteiger partial charge in [-0.3, -0.25) is 4.79 Å². The number of aryl methyl sites for hydroxylation is 1. The molecule has 2 aliphatic heterocycles. The summed E-state index contributed by atoms with van der Waals surface area (Å²) in [6.07, 6.45) is 4.99. The van der Waals surface area contributed by atoms with Gasteiger partial charge in [-0.25, -0.2) is 9.97 Å². The van der Waals surface area contributed by atoms with Gasteiger partial charge in [0.1, 0.15) is 5.82 Å². The minimum atomic E-state index is 0.0920. The molecule has 1 N–H and O–H groups in total. The van der Waals surface area contributed by atoms with Crippen molar-refractivity contribution in [3.8, 4) is 11.4 Å². The Balaban J connectivity index is 1.28. The molecule has 0 atom stereocenters. The van der Waals surface area contributed by atoms with Gasteiger partial charge >= 0.3 is 0 Å². The van der Waals surface area contributed by atoms with E-state index >= 15 is 0 Å². The Morgan fingerprint density at radius 1 is 1.17 bits per heavy atom. The van der Waals surface area contributed by atoms with Gasteiger partial charge in [-0.1, -0.05) is 37.3 Å². The minimum Gasteiger partial charge on any atom is -0.380 e. The van der Waals surface area contributed by atoms with Gasteiger partial charge in [-0.2, -0.15) is 0 Å². The van der Waals surface area contributed by atoms with E-state index in [-0.39, 0.29) is 17.2 Å². The smallest absolute Gasteiger partial charge is 0.223 e. The lowest BCUT2D eigenvalue weighted by molar-refractivity contribution is -0.130. The first-order chi connectivity index (χ1) is 14.6. The largest absolute Gasteiger partial charge is 0.380 e. The standard InChI is InChI=1S/C24H30N4O2/c1-24(15-30-16-24)14-25-23(29)18-10-12-28(13-11-18)22-19-8-5-9-20(19)26-21(27-22)17-6-3-2-4-7-17/h2-4,6-7,18H,5,8-16H2,1H3,(H,25,29). The van der Waals surface area contributed by atoms with E-state index in [1.165, 1.54) is 11.3 Å². The van der Waals surface area contributed by atoms with E-state index in [1.807, 2.05) is 18.2 Å². The first-order valence-corrected chi connectivity index (χ1v) is 11.2. The van der Waals surface area contributed by atoms with Crippen molar-refractivity contribution in [2.45, 2.75) is 39.0 Å². The first-order valence-electron chi connectivity index (χ1n) is 11.2. The Bertz CT molecular complexity index is 918. The van der Waals surface area contributed by atoms with E-state index in [1.54, 1.807) is 0 Å². The van der Waals surface area contributed by atoms with E-state index in [0.717, 1.165) is 75.6 Å². The van der Waals surface area contributed by atoms with Gasteiger partial charge in [-0.15, -0.1) is 0 Å². The number of piperidine rings is 1. The number of carbonyl (C=O) groups excluding carboxylic acids is 1. The Morgan fingerprint density at radius 2 is 1.93 bits per heavy atom. The molecule has 1 aromatic heterocycles. The molecule has 158 valence electrons. The third-order valence-corrected chi connectivity index (χ3v) is 6.70. The highest BCUT2D eigenvalue weighted by atomic mass is 16.5. The highest BCUT2D eigenvalue weighted by Crippen LogP contribution is 2.33. The normalized spacial score (nSPS) is 20.5. The summed E-state index contributed by atoms with van der Waals surface area (Å²) in [5.74, 6) is 2.20. The highest BCUT2D eigenvalue weighted by Gasteiger charge is 2.35. The molecule has 0 bridgehead atoms. The fourth-order valence-corrected chi connectivity index (χ4v) is 4.74. The third-order valence-electron chi connectivity index (χ3n) is 6.70. The monoisotopic (exact) mass is 406 g/mol. The summed E-state index contributed by atoms with van der Waals surface area (Å²) in [5, 5.41) is 3.16. The zero-order valence-corrected chi connectivity index (χ0v) is 17.7. The molecule has 6 heteroatoms. The van der Waals surface area contributed by atoms with Crippen molar-refractivity contribution < 1.29 is 9.53 Å². The lowest BCUT2D eigenvalue weighted by atomic mass is 9.88.